The maximum absolute atomic E-state index is 6.13. The second-order valence-corrected chi connectivity index (χ2v) is 13.4. The number of ether oxygens (including phenoxy) is 2. The van der Waals surface area contributed by atoms with Gasteiger partial charge in [-0.1, -0.05) is 153 Å². The van der Waals surface area contributed by atoms with Crippen LogP contribution in [0.4, 0.5) is 0 Å². The number of benzene rings is 2. The van der Waals surface area contributed by atoms with Crippen molar-refractivity contribution >= 4 is 0 Å². The largest absolute Gasteiger partial charge is 0.375 e. The second-order valence-electron chi connectivity index (χ2n) is 13.4. The lowest BCUT2D eigenvalue weighted by Gasteiger charge is -2.22. The van der Waals surface area contributed by atoms with Gasteiger partial charge in [0.05, 0.1) is 26.4 Å². The van der Waals surface area contributed by atoms with Crippen LogP contribution in [0, 0.1) is 0 Å². The fourth-order valence-electron chi connectivity index (χ4n) is 6.07. The second kappa shape index (κ2) is 28.3. The molecule has 0 saturated heterocycles. The molecule has 0 radical (unpaired) electrons. The molecule has 0 saturated carbocycles. The third-order valence-corrected chi connectivity index (χ3v) is 9.19. The molecule has 0 aliphatic rings. The molecule has 0 aliphatic heterocycles. The highest BCUT2D eigenvalue weighted by molar-refractivity contribution is 5.63. The lowest BCUT2D eigenvalue weighted by Crippen LogP contribution is -2.30. The Morgan fingerprint density at radius 3 is 0.957 bits per heavy atom. The fraction of sp³-hybridized carbons (Fsp3) is 0.714. The summed E-state index contributed by atoms with van der Waals surface area (Å²) in [6.45, 7) is 19.1. The van der Waals surface area contributed by atoms with Crippen molar-refractivity contribution in [1.29, 1.82) is 0 Å². The van der Waals surface area contributed by atoms with Crippen LogP contribution in [0.3, 0.4) is 0 Å². The van der Waals surface area contributed by atoms with Gasteiger partial charge in [0.15, 0.2) is 0 Å². The maximum atomic E-state index is 6.13. The first-order valence-corrected chi connectivity index (χ1v) is 19.5. The molecule has 0 spiro atoms. The van der Waals surface area contributed by atoms with Crippen LogP contribution in [0.1, 0.15) is 142 Å². The molecule has 0 atom stereocenters. The van der Waals surface area contributed by atoms with Gasteiger partial charge in [-0.2, -0.15) is 0 Å². The average Bonchev–Trinajstić information content (AvgIpc) is 3.09. The van der Waals surface area contributed by atoms with Crippen molar-refractivity contribution in [3.63, 3.8) is 0 Å². The molecule has 2 aromatic rings. The van der Waals surface area contributed by atoms with Gasteiger partial charge in [-0.05, 0) is 74.1 Å². The third kappa shape index (κ3) is 19.8. The number of hydrogen-bond donors (Lipinski definition) is 0. The van der Waals surface area contributed by atoms with Crippen LogP contribution in [-0.4, -0.2) is 62.3 Å². The Labute approximate surface area is 285 Å². The Bertz CT molecular complexity index is 828. The van der Waals surface area contributed by atoms with Crippen LogP contribution >= 0.6 is 0 Å². The number of unbranched alkanes of at least 4 members (excludes halogenated alkanes) is 12. The predicted molar refractivity (Wildman–Crippen MR) is 201 cm³/mol. The fourth-order valence-corrected chi connectivity index (χ4v) is 6.07. The van der Waals surface area contributed by atoms with Gasteiger partial charge in [-0.3, -0.25) is 0 Å². The number of rotatable bonds is 31. The zero-order valence-electron chi connectivity index (χ0n) is 30.7. The van der Waals surface area contributed by atoms with E-state index in [-0.39, 0.29) is 0 Å². The number of nitrogens with zero attached hydrogens (tertiary/aromatic N) is 2. The highest BCUT2D eigenvalue weighted by Crippen LogP contribution is 2.21. The summed E-state index contributed by atoms with van der Waals surface area (Å²) < 4.78 is 12.3. The minimum atomic E-state index is 0.685. The van der Waals surface area contributed by atoms with E-state index in [0.29, 0.717) is 13.2 Å². The molecule has 0 N–H and O–H groups in total. The van der Waals surface area contributed by atoms with Gasteiger partial charge in [0.2, 0.25) is 0 Å². The molecule has 0 unspecified atom stereocenters. The van der Waals surface area contributed by atoms with Gasteiger partial charge in [0.25, 0.3) is 0 Å². The molecule has 2 aromatic carbocycles. The van der Waals surface area contributed by atoms with Crippen LogP contribution in [-0.2, 0) is 22.7 Å². The summed E-state index contributed by atoms with van der Waals surface area (Å²) in [6.07, 6.45) is 21.3. The first-order chi connectivity index (χ1) is 22.7. The van der Waals surface area contributed by atoms with E-state index in [9.17, 15) is 0 Å². The van der Waals surface area contributed by atoms with Crippen LogP contribution in [0.15, 0.2) is 48.5 Å². The quantitative estimate of drug-likeness (QED) is 0.0769. The Kier molecular flexibility index (Phi) is 24.9. The van der Waals surface area contributed by atoms with Gasteiger partial charge in [0.1, 0.15) is 0 Å². The van der Waals surface area contributed by atoms with Crippen molar-refractivity contribution in [1.82, 2.24) is 9.80 Å². The highest BCUT2D eigenvalue weighted by atomic mass is 16.5. The topological polar surface area (TPSA) is 24.9 Å². The summed E-state index contributed by atoms with van der Waals surface area (Å²) in [5.41, 5.74) is 5.00. The summed E-state index contributed by atoms with van der Waals surface area (Å²) in [5, 5.41) is 0. The lowest BCUT2D eigenvalue weighted by atomic mass is 10.0. The Morgan fingerprint density at radius 2 is 0.674 bits per heavy atom. The summed E-state index contributed by atoms with van der Waals surface area (Å²) in [6, 6.07) is 17.8. The van der Waals surface area contributed by atoms with Gasteiger partial charge in [0, 0.05) is 13.1 Å². The van der Waals surface area contributed by atoms with Crippen molar-refractivity contribution in [3.8, 4) is 11.1 Å². The molecule has 0 bridgehead atoms. The Balaban J connectivity index is 1.71. The standard InChI is InChI=1S/C42H72N2O2/c1-5-9-13-17-29-43(30-18-14-10-6-2)33-35-45-37-39-21-25-41(26-22-39)42-27-23-40(24-28-42)38-46-36-34-44(31-19-15-11-7-3)32-20-16-12-8-4/h21-28H,5-20,29-38H2,1-4H3. The van der Waals surface area contributed by atoms with Gasteiger partial charge in [-0.25, -0.2) is 0 Å². The first-order valence-electron chi connectivity index (χ1n) is 19.5. The minimum absolute atomic E-state index is 0.685. The van der Waals surface area contributed by atoms with Crippen molar-refractivity contribution in [2.75, 3.05) is 52.5 Å². The molecular formula is C42H72N2O2. The normalized spacial score (nSPS) is 11.7. The summed E-state index contributed by atoms with van der Waals surface area (Å²) in [4.78, 5) is 5.26. The van der Waals surface area contributed by atoms with Crippen LogP contribution < -0.4 is 0 Å². The van der Waals surface area contributed by atoms with Crippen molar-refractivity contribution in [3.05, 3.63) is 59.7 Å². The molecular weight excluding hydrogens is 564 g/mol. The van der Waals surface area contributed by atoms with E-state index in [2.05, 4.69) is 86.0 Å². The summed E-state index contributed by atoms with van der Waals surface area (Å²) in [7, 11) is 0. The first kappa shape index (κ1) is 40.5. The molecule has 0 fully saturated rings. The van der Waals surface area contributed by atoms with Gasteiger partial charge >= 0.3 is 0 Å². The SMILES string of the molecule is CCCCCCN(CCCCCC)CCOCc1ccc(-c2ccc(COCCN(CCCCCC)CCCCCC)cc2)cc1. The van der Waals surface area contributed by atoms with Crippen molar-refractivity contribution in [2.45, 2.75) is 144 Å². The Hall–Kier alpha value is -1.72. The molecule has 0 heterocycles. The van der Waals surface area contributed by atoms with Crippen LogP contribution in [0.5, 0.6) is 0 Å². The summed E-state index contributed by atoms with van der Waals surface area (Å²) >= 11 is 0. The van der Waals surface area contributed by atoms with E-state index in [4.69, 9.17) is 9.47 Å². The smallest absolute Gasteiger partial charge is 0.0717 e. The van der Waals surface area contributed by atoms with Crippen molar-refractivity contribution in [2.24, 2.45) is 0 Å². The molecule has 4 nitrogen and oxygen atoms in total. The zero-order valence-corrected chi connectivity index (χ0v) is 30.7. The van der Waals surface area contributed by atoms with E-state index in [1.165, 1.54) is 151 Å². The molecule has 0 aromatic heterocycles. The maximum Gasteiger partial charge on any atom is 0.0717 e. The van der Waals surface area contributed by atoms with Crippen LogP contribution in [0.2, 0.25) is 0 Å². The van der Waals surface area contributed by atoms with E-state index < -0.39 is 0 Å². The van der Waals surface area contributed by atoms with Crippen LogP contribution in [0.25, 0.3) is 11.1 Å². The van der Waals surface area contributed by atoms with E-state index >= 15 is 0 Å². The zero-order chi connectivity index (χ0) is 32.9. The van der Waals surface area contributed by atoms with E-state index in [0.717, 1.165) is 26.3 Å². The van der Waals surface area contributed by atoms with E-state index in [1.54, 1.807) is 0 Å². The van der Waals surface area contributed by atoms with Crippen molar-refractivity contribution < 1.29 is 9.47 Å². The number of hydrogen-bond acceptors (Lipinski definition) is 4. The molecule has 4 heteroatoms. The van der Waals surface area contributed by atoms with Gasteiger partial charge in [-0.15, -0.1) is 0 Å². The highest BCUT2D eigenvalue weighted by Gasteiger charge is 2.07. The van der Waals surface area contributed by atoms with E-state index in [1.807, 2.05) is 0 Å². The summed E-state index contributed by atoms with van der Waals surface area (Å²) in [5.74, 6) is 0. The monoisotopic (exact) mass is 637 g/mol. The Morgan fingerprint density at radius 1 is 0.370 bits per heavy atom. The molecule has 2 rings (SSSR count). The molecule has 0 amide bonds. The molecule has 262 valence electrons. The third-order valence-electron chi connectivity index (χ3n) is 9.19. The predicted octanol–water partition coefficient (Wildman–Crippen LogP) is 11.3. The van der Waals surface area contributed by atoms with Gasteiger partial charge < -0.3 is 19.3 Å². The average molecular weight is 637 g/mol. The lowest BCUT2D eigenvalue weighted by molar-refractivity contribution is 0.0911. The molecule has 0 aliphatic carbocycles. The minimum Gasteiger partial charge on any atom is -0.375 e. The molecule has 46 heavy (non-hydrogen) atoms.